The van der Waals surface area contributed by atoms with Gasteiger partial charge < -0.3 is 0 Å². The fraction of sp³-hybridized carbons (Fsp3) is 0.0769. The maximum absolute atomic E-state index is 12.1. The molecule has 1 aromatic carbocycles. The van der Waals surface area contributed by atoms with Crippen LogP contribution in [-0.2, 0) is 0 Å². The highest BCUT2D eigenvalue weighted by molar-refractivity contribution is 6.08. The van der Waals surface area contributed by atoms with Crippen LogP contribution >= 0.6 is 0 Å². The van der Waals surface area contributed by atoms with Crippen LogP contribution in [0.2, 0.25) is 0 Å². The second-order valence-corrected chi connectivity index (χ2v) is 3.85. The predicted molar refractivity (Wildman–Crippen MR) is 65.5 cm³/mol. The van der Waals surface area contributed by atoms with Gasteiger partial charge in [-0.2, -0.15) is 0 Å². The summed E-state index contributed by atoms with van der Waals surface area (Å²) >= 11 is 0. The number of ketones is 1. The first kappa shape index (κ1) is 11.9. The van der Waals surface area contributed by atoms with Crippen LogP contribution in [0, 0.1) is 17.0 Å². The summed E-state index contributed by atoms with van der Waals surface area (Å²) < 4.78 is 0. The van der Waals surface area contributed by atoms with E-state index in [-0.39, 0.29) is 22.7 Å². The zero-order chi connectivity index (χ0) is 13.1. The number of hydrogen-bond donors (Lipinski definition) is 0. The molecule has 2 aromatic rings. The van der Waals surface area contributed by atoms with Crippen LogP contribution in [0.25, 0.3) is 0 Å². The molecule has 0 aliphatic rings. The van der Waals surface area contributed by atoms with E-state index in [0.717, 1.165) is 5.56 Å². The van der Waals surface area contributed by atoms with E-state index in [2.05, 4.69) is 4.98 Å². The van der Waals surface area contributed by atoms with Crippen LogP contribution in [0.1, 0.15) is 21.6 Å². The van der Waals surface area contributed by atoms with E-state index in [1.54, 1.807) is 24.4 Å². The second kappa shape index (κ2) is 4.75. The number of nitro benzene ring substituents is 1. The fourth-order valence-corrected chi connectivity index (χ4v) is 1.57. The quantitative estimate of drug-likeness (QED) is 0.471. The maximum atomic E-state index is 12.1. The third-order valence-corrected chi connectivity index (χ3v) is 2.47. The lowest BCUT2D eigenvalue weighted by Crippen LogP contribution is -2.04. The number of nitrogens with zero attached hydrogens (tertiary/aromatic N) is 2. The normalized spacial score (nSPS) is 10.1. The molecule has 0 saturated heterocycles. The van der Waals surface area contributed by atoms with Crippen LogP contribution in [0.5, 0.6) is 0 Å². The van der Waals surface area contributed by atoms with Crippen molar-refractivity contribution < 1.29 is 9.72 Å². The summed E-state index contributed by atoms with van der Waals surface area (Å²) in [7, 11) is 0. The van der Waals surface area contributed by atoms with Gasteiger partial charge in [0.15, 0.2) is 0 Å². The second-order valence-electron chi connectivity index (χ2n) is 3.85. The summed E-state index contributed by atoms with van der Waals surface area (Å²) in [6, 6.07) is 9.07. The number of hydrogen-bond acceptors (Lipinski definition) is 4. The van der Waals surface area contributed by atoms with Gasteiger partial charge in [-0.1, -0.05) is 12.1 Å². The smallest absolute Gasteiger partial charge is 0.270 e. The standard InChI is InChI=1S/C13H10N2O3/c1-9-5-6-14-12(7-9)13(16)10-3-2-4-11(8-10)15(17)18/h2-8H,1H3. The molecule has 0 atom stereocenters. The minimum atomic E-state index is -0.527. The molecule has 5 heteroatoms. The predicted octanol–water partition coefficient (Wildman–Crippen LogP) is 2.53. The molecule has 0 fully saturated rings. The molecule has 0 aliphatic carbocycles. The van der Waals surface area contributed by atoms with Gasteiger partial charge in [0.2, 0.25) is 5.78 Å². The van der Waals surface area contributed by atoms with E-state index in [1.165, 1.54) is 18.2 Å². The minimum absolute atomic E-state index is 0.103. The third-order valence-electron chi connectivity index (χ3n) is 2.47. The van der Waals surface area contributed by atoms with Gasteiger partial charge in [-0.3, -0.25) is 19.9 Å². The number of aromatic nitrogens is 1. The largest absolute Gasteiger partial charge is 0.287 e. The number of pyridine rings is 1. The molecular weight excluding hydrogens is 232 g/mol. The molecule has 0 amide bonds. The zero-order valence-corrected chi connectivity index (χ0v) is 9.66. The molecule has 0 spiro atoms. The van der Waals surface area contributed by atoms with E-state index in [0.29, 0.717) is 0 Å². The van der Waals surface area contributed by atoms with Crippen LogP contribution in [0.4, 0.5) is 5.69 Å². The van der Waals surface area contributed by atoms with Gasteiger partial charge in [0.25, 0.3) is 5.69 Å². The topological polar surface area (TPSA) is 73.1 Å². The van der Waals surface area contributed by atoms with Crippen molar-refractivity contribution in [3.63, 3.8) is 0 Å². The number of non-ortho nitro benzene ring substituents is 1. The summed E-state index contributed by atoms with van der Waals surface area (Å²) in [5, 5.41) is 10.6. The van der Waals surface area contributed by atoms with E-state index < -0.39 is 4.92 Å². The SMILES string of the molecule is Cc1ccnc(C(=O)c2cccc([N+](=O)[O-])c2)c1. The fourth-order valence-electron chi connectivity index (χ4n) is 1.57. The van der Waals surface area contributed by atoms with Gasteiger partial charge >= 0.3 is 0 Å². The van der Waals surface area contributed by atoms with Crippen LogP contribution in [-0.4, -0.2) is 15.7 Å². The first-order valence-electron chi connectivity index (χ1n) is 5.30. The van der Waals surface area contributed by atoms with Crippen molar-refractivity contribution in [2.24, 2.45) is 0 Å². The van der Waals surface area contributed by atoms with Crippen LogP contribution < -0.4 is 0 Å². The summed E-state index contributed by atoms with van der Waals surface area (Å²) in [6.45, 7) is 1.85. The Kier molecular flexibility index (Phi) is 3.14. The van der Waals surface area contributed by atoms with E-state index in [1.807, 2.05) is 6.92 Å². The molecule has 0 unspecified atom stereocenters. The highest BCUT2D eigenvalue weighted by atomic mass is 16.6. The van der Waals surface area contributed by atoms with Gasteiger partial charge in [-0.25, -0.2) is 0 Å². The van der Waals surface area contributed by atoms with Gasteiger partial charge in [0.1, 0.15) is 5.69 Å². The molecule has 90 valence electrons. The molecule has 1 heterocycles. The Bertz CT molecular complexity index is 623. The Morgan fingerprint density at radius 1 is 1.28 bits per heavy atom. The Labute approximate surface area is 103 Å². The lowest BCUT2D eigenvalue weighted by atomic mass is 10.1. The van der Waals surface area contributed by atoms with E-state index >= 15 is 0 Å². The molecule has 0 N–H and O–H groups in total. The monoisotopic (exact) mass is 242 g/mol. The molecule has 18 heavy (non-hydrogen) atoms. The molecule has 0 radical (unpaired) electrons. The molecule has 0 bridgehead atoms. The van der Waals surface area contributed by atoms with Gasteiger partial charge in [0, 0.05) is 23.9 Å². The Balaban J connectivity index is 2.40. The van der Waals surface area contributed by atoms with Crippen molar-refractivity contribution in [3.05, 3.63) is 69.5 Å². The number of carbonyl (C=O) groups excluding carboxylic acids is 1. The minimum Gasteiger partial charge on any atom is -0.287 e. The summed E-state index contributed by atoms with van der Waals surface area (Å²) in [5.74, 6) is -0.317. The van der Waals surface area contributed by atoms with Crippen molar-refractivity contribution in [2.75, 3.05) is 0 Å². The van der Waals surface area contributed by atoms with Crippen molar-refractivity contribution in [1.82, 2.24) is 4.98 Å². The van der Waals surface area contributed by atoms with Crippen LogP contribution in [0.3, 0.4) is 0 Å². The number of aryl methyl sites for hydroxylation is 1. The van der Waals surface area contributed by atoms with Crippen molar-refractivity contribution in [2.45, 2.75) is 6.92 Å². The van der Waals surface area contributed by atoms with Crippen molar-refractivity contribution >= 4 is 11.5 Å². The first-order valence-corrected chi connectivity index (χ1v) is 5.30. The molecular formula is C13H10N2O3. The zero-order valence-electron chi connectivity index (χ0n) is 9.66. The number of nitro groups is 1. The highest BCUT2D eigenvalue weighted by Crippen LogP contribution is 2.16. The van der Waals surface area contributed by atoms with Gasteiger partial charge in [-0.05, 0) is 24.6 Å². The third kappa shape index (κ3) is 2.40. The average molecular weight is 242 g/mol. The molecule has 1 aromatic heterocycles. The lowest BCUT2D eigenvalue weighted by molar-refractivity contribution is -0.384. The number of carbonyl (C=O) groups is 1. The Morgan fingerprint density at radius 3 is 2.72 bits per heavy atom. The molecule has 0 aliphatic heterocycles. The van der Waals surface area contributed by atoms with Gasteiger partial charge in [-0.15, -0.1) is 0 Å². The molecule has 5 nitrogen and oxygen atoms in total. The first-order chi connectivity index (χ1) is 8.58. The van der Waals surface area contributed by atoms with Crippen molar-refractivity contribution in [3.8, 4) is 0 Å². The number of rotatable bonds is 3. The Morgan fingerprint density at radius 2 is 2.06 bits per heavy atom. The van der Waals surface area contributed by atoms with Crippen LogP contribution in [0.15, 0.2) is 42.6 Å². The molecule has 0 saturated carbocycles. The molecule has 2 rings (SSSR count). The van der Waals surface area contributed by atoms with E-state index in [4.69, 9.17) is 0 Å². The average Bonchev–Trinajstić information content (AvgIpc) is 2.38. The summed E-state index contributed by atoms with van der Waals surface area (Å²) in [4.78, 5) is 26.2. The summed E-state index contributed by atoms with van der Waals surface area (Å²) in [6.07, 6.45) is 1.54. The number of benzene rings is 1. The van der Waals surface area contributed by atoms with E-state index in [9.17, 15) is 14.9 Å². The highest BCUT2D eigenvalue weighted by Gasteiger charge is 2.14. The summed E-state index contributed by atoms with van der Waals surface area (Å²) in [5.41, 5.74) is 1.37. The van der Waals surface area contributed by atoms with Crippen molar-refractivity contribution in [1.29, 1.82) is 0 Å². The Hall–Kier alpha value is -2.56. The maximum Gasteiger partial charge on any atom is 0.270 e. The lowest BCUT2D eigenvalue weighted by Gasteiger charge is -2.01. The van der Waals surface area contributed by atoms with Gasteiger partial charge in [0.05, 0.1) is 4.92 Å².